The fraction of sp³-hybridized carbons (Fsp3) is 0.429. The molecule has 0 saturated heterocycles. The van der Waals surface area contributed by atoms with Crippen LogP contribution in [0.2, 0.25) is 0 Å². The Morgan fingerprint density at radius 3 is 1.75 bits per heavy atom. The second kappa shape index (κ2) is 4.56. The van der Waals surface area contributed by atoms with E-state index in [1.54, 1.807) is 22.7 Å². The minimum Gasteiger partial charge on any atom is -0.485 e. The third-order valence-electron chi connectivity index (χ3n) is 3.22. The lowest BCUT2D eigenvalue weighted by Gasteiger charge is -2.24. The van der Waals surface area contributed by atoms with Gasteiger partial charge < -0.3 is 18.9 Å². The molecule has 0 fully saturated rings. The van der Waals surface area contributed by atoms with Gasteiger partial charge >= 0.3 is 0 Å². The van der Waals surface area contributed by atoms with Gasteiger partial charge in [-0.25, -0.2) is 0 Å². The van der Waals surface area contributed by atoms with E-state index in [0.29, 0.717) is 13.2 Å². The van der Waals surface area contributed by atoms with Gasteiger partial charge in [0.25, 0.3) is 0 Å². The van der Waals surface area contributed by atoms with Gasteiger partial charge in [-0.15, -0.1) is 22.7 Å². The molecule has 2 atom stereocenters. The van der Waals surface area contributed by atoms with E-state index in [-0.39, 0.29) is 12.2 Å². The van der Waals surface area contributed by atoms with Crippen molar-refractivity contribution < 1.29 is 18.9 Å². The van der Waals surface area contributed by atoms with Crippen molar-refractivity contribution in [1.82, 2.24) is 0 Å². The Labute approximate surface area is 124 Å². The maximum absolute atomic E-state index is 5.94. The Morgan fingerprint density at radius 2 is 1.30 bits per heavy atom. The van der Waals surface area contributed by atoms with Gasteiger partial charge in [-0.1, -0.05) is 0 Å². The summed E-state index contributed by atoms with van der Waals surface area (Å²) in [6.45, 7) is 5.22. The predicted molar refractivity (Wildman–Crippen MR) is 78.8 cm³/mol. The molecule has 0 N–H and O–H groups in total. The van der Waals surface area contributed by atoms with Crippen molar-refractivity contribution in [3.8, 4) is 32.8 Å². The quantitative estimate of drug-likeness (QED) is 0.803. The zero-order valence-electron chi connectivity index (χ0n) is 11.2. The molecule has 0 bridgehead atoms. The molecule has 20 heavy (non-hydrogen) atoms. The first-order valence-electron chi connectivity index (χ1n) is 6.54. The second-order valence-electron chi connectivity index (χ2n) is 5.00. The molecule has 0 saturated carbocycles. The van der Waals surface area contributed by atoms with Gasteiger partial charge in [0.2, 0.25) is 0 Å². The van der Waals surface area contributed by atoms with Gasteiger partial charge in [0.05, 0.1) is 9.75 Å². The lowest BCUT2D eigenvalue weighted by Crippen LogP contribution is -2.25. The molecule has 2 aliphatic heterocycles. The highest BCUT2D eigenvalue weighted by Gasteiger charge is 2.30. The van der Waals surface area contributed by atoms with Crippen LogP contribution in [0.1, 0.15) is 13.8 Å². The summed E-state index contributed by atoms with van der Waals surface area (Å²) in [6, 6.07) is 0. The van der Waals surface area contributed by atoms with Crippen molar-refractivity contribution in [2.75, 3.05) is 13.2 Å². The SMILES string of the molecule is CC1COc2csc(-c3scc4c3OC(C)CO4)c2O1. The van der Waals surface area contributed by atoms with Crippen LogP contribution in [0.15, 0.2) is 10.8 Å². The van der Waals surface area contributed by atoms with E-state index >= 15 is 0 Å². The molecule has 2 aromatic rings. The van der Waals surface area contributed by atoms with E-state index in [9.17, 15) is 0 Å². The first kappa shape index (κ1) is 12.3. The summed E-state index contributed by atoms with van der Waals surface area (Å²) in [5, 5.41) is 3.99. The second-order valence-corrected chi connectivity index (χ2v) is 6.75. The highest BCUT2D eigenvalue weighted by Crippen LogP contribution is 2.54. The first-order valence-corrected chi connectivity index (χ1v) is 8.30. The Morgan fingerprint density at radius 1 is 0.850 bits per heavy atom. The van der Waals surface area contributed by atoms with Crippen molar-refractivity contribution in [2.24, 2.45) is 0 Å². The number of rotatable bonds is 1. The number of hydrogen-bond acceptors (Lipinski definition) is 6. The number of thiophene rings is 2. The van der Waals surface area contributed by atoms with Crippen LogP contribution >= 0.6 is 22.7 Å². The largest absolute Gasteiger partial charge is 0.485 e. The van der Waals surface area contributed by atoms with Crippen LogP contribution in [0.4, 0.5) is 0 Å². The van der Waals surface area contributed by atoms with E-state index in [4.69, 9.17) is 18.9 Å². The third-order valence-corrected chi connectivity index (χ3v) is 5.26. The molecule has 4 nitrogen and oxygen atoms in total. The Kier molecular flexibility index (Phi) is 2.82. The molecule has 2 aromatic heterocycles. The molecule has 2 aliphatic rings. The molecule has 2 unspecified atom stereocenters. The summed E-state index contributed by atoms with van der Waals surface area (Å²) in [4.78, 5) is 2.13. The summed E-state index contributed by atoms with van der Waals surface area (Å²) in [5.41, 5.74) is 0. The van der Waals surface area contributed by atoms with Crippen molar-refractivity contribution in [3.05, 3.63) is 10.8 Å². The Balaban J connectivity index is 1.79. The van der Waals surface area contributed by atoms with Crippen molar-refractivity contribution in [3.63, 3.8) is 0 Å². The van der Waals surface area contributed by atoms with E-state index in [1.807, 2.05) is 24.6 Å². The van der Waals surface area contributed by atoms with Gasteiger partial charge in [0, 0.05) is 10.8 Å². The van der Waals surface area contributed by atoms with Crippen LogP contribution in [0.3, 0.4) is 0 Å². The smallest absolute Gasteiger partial charge is 0.181 e. The summed E-state index contributed by atoms with van der Waals surface area (Å²) in [7, 11) is 0. The number of hydrogen-bond donors (Lipinski definition) is 0. The lowest BCUT2D eigenvalue weighted by molar-refractivity contribution is 0.104. The predicted octanol–water partition coefficient (Wildman–Crippen LogP) is 3.80. The summed E-state index contributed by atoms with van der Waals surface area (Å²) in [6.07, 6.45) is 0.144. The zero-order valence-corrected chi connectivity index (χ0v) is 12.8. The zero-order chi connectivity index (χ0) is 13.7. The van der Waals surface area contributed by atoms with Crippen molar-refractivity contribution in [2.45, 2.75) is 26.1 Å². The monoisotopic (exact) mass is 310 g/mol. The van der Waals surface area contributed by atoms with Crippen LogP contribution in [0.25, 0.3) is 9.75 Å². The summed E-state index contributed by atoms with van der Waals surface area (Å²) in [5.74, 6) is 3.32. The Hall–Kier alpha value is -1.40. The van der Waals surface area contributed by atoms with Crippen LogP contribution in [0.5, 0.6) is 23.0 Å². The number of ether oxygens (including phenoxy) is 4. The van der Waals surface area contributed by atoms with Gasteiger partial charge in [-0.05, 0) is 13.8 Å². The maximum Gasteiger partial charge on any atom is 0.181 e. The molecule has 0 aliphatic carbocycles. The minimum absolute atomic E-state index is 0.0720. The van der Waals surface area contributed by atoms with Gasteiger partial charge in [0.1, 0.15) is 25.4 Å². The standard InChI is InChI=1S/C14H14O4S2/c1-7-3-15-9-5-19-13(11(9)17-7)14-12-10(6-20-14)16-4-8(2)18-12/h5-8H,3-4H2,1-2H3. The number of fused-ring (bicyclic) bond motifs is 2. The normalized spacial score (nSPS) is 23.7. The van der Waals surface area contributed by atoms with E-state index in [1.165, 1.54) is 0 Å². The molecule has 106 valence electrons. The molecule has 0 spiro atoms. The lowest BCUT2D eigenvalue weighted by atomic mass is 10.2. The summed E-state index contributed by atoms with van der Waals surface area (Å²) < 4.78 is 23.3. The molecule has 0 radical (unpaired) electrons. The maximum atomic E-state index is 5.94. The molecule has 4 heterocycles. The van der Waals surface area contributed by atoms with Gasteiger partial charge in [-0.2, -0.15) is 0 Å². The van der Waals surface area contributed by atoms with Crippen LogP contribution < -0.4 is 18.9 Å². The molecular formula is C14H14O4S2. The van der Waals surface area contributed by atoms with E-state index in [2.05, 4.69) is 0 Å². The van der Waals surface area contributed by atoms with E-state index in [0.717, 1.165) is 32.8 Å². The van der Waals surface area contributed by atoms with Crippen molar-refractivity contribution in [1.29, 1.82) is 0 Å². The van der Waals surface area contributed by atoms with Crippen LogP contribution in [-0.2, 0) is 0 Å². The van der Waals surface area contributed by atoms with Crippen LogP contribution in [0, 0.1) is 0 Å². The van der Waals surface area contributed by atoms with Gasteiger partial charge in [0.15, 0.2) is 23.0 Å². The highest BCUT2D eigenvalue weighted by atomic mass is 32.1. The highest BCUT2D eigenvalue weighted by molar-refractivity contribution is 7.21. The average molecular weight is 310 g/mol. The topological polar surface area (TPSA) is 36.9 Å². The third kappa shape index (κ3) is 1.86. The van der Waals surface area contributed by atoms with E-state index < -0.39 is 0 Å². The van der Waals surface area contributed by atoms with Crippen molar-refractivity contribution >= 4 is 22.7 Å². The average Bonchev–Trinajstić information content (AvgIpc) is 3.01. The molecular weight excluding hydrogens is 296 g/mol. The molecule has 0 amide bonds. The fourth-order valence-electron chi connectivity index (χ4n) is 2.28. The van der Waals surface area contributed by atoms with Crippen LogP contribution in [-0.4, -0.2) is 25.4 Å². The molecule has 0 aromatic carbocycles. The summed E-state index contributed by atoms with van der Waals surface area (Å²) >= 11 is 3.25. The molecule has 6 heteroatoms. The minimum atomic E-state index is 0.0720. The first-order chi connectivity index (χ1) is 9.72. The fourth-order valence-corrected chi connectivity index (χ4v) is 4.28. The Bertz CT molecular complexity index is 589. The molecule has 4 rings (SSSR count). The van der Waals surface area contributed by atoms with Gasteiger partial charge in [-0.3, -0.25) is 0 Å².